The number of nitrogens with two attached hydrogens (primary N) is 1. The normalized spacial score (nSPS) is 15.6. The fourth-order valence-corrected chi connectivity index (χ4v) is 6.98. The molecule has 4 rings (SSSR count). The first kappa shape index (κ1) is 48.1. The zero-order valence-electron chi connectivity index (χ0n) is 35.2. The predicted molar refractivity (Wildman–Crippen MR) is 227 cm³/mol. The van der Waals surface area contributed by atoms with E-state index in [-0.39, 0.29) is 30.3 Å². The van der Waals surface area contributed by atoms with Crippen molar-refractivity contribution in [3.05, 3.63) is 124 Å². The Kier molecular flexibility index (Phi) is 20.1. The molecular weight excluding hydrogens is 755 g/mol. The summed E-state index contributed by atoms with van der Waals surface area (Å²) in [6, 6.07) is 11.8. The van der Waals surface area contributed by atoms with E-state index in [2.05, 4.69) is 33.9 Å². The first-order valence-corrected chi connectivity index (χ1v) is 20.7. The van der Waals surface area contributed by atoms with Gasteiger partial charge in [0.1, 0.15) is 11.6 Å². The van der Waals surface area contributed by atoms with Crippen molar-refractivity contribution in [1.82, 2.24) is 25.8 Å². The number of hydrogen-bond acceptors (Lipinski definition) is 7. The van der Waals surface area contributed by atoms with Crippen LogP contribution in [0.1, 0.15) is 111 Å². The number of benzene rings is 2. The van der Waals surface area contributed by atoms with E-state index in [1.54, 1.807) is 17.1 Å². The molecule has 0 saturated heterocycles. The summed E-state index contributed by atoms with van der Waals surface area (Å²) in [7, 11) is 0. The summed E-state index contributed by atoms with van der Waals surface area (Å²) >= 11 is 0. The zero-order valence-corrected chi connectivity index (χ0v) is 35.2. The maximum atomic E-state index is 13.9. The van der Waals surface area contributed by atoms with E-state index in [1.807, 2.05) is 52.0 Å². The number of rotatable bonds is 21. The first-order valence-electron chi connectivity index (χ1n) is 20.7. The van der Waals surface area contributed by atoms with Crippen LogP contribution in [0.5, 0.6) is 0 Å². The van der Waals surface area contributed by atoms with Crippen LogP contribution in [0, 0.1) is 17.0 Å². The van der Waals surface area contributed by atoms with Crippen LogP contribution >= 0.6 is 0 Å². The molecule has 2 aromatic carbocycles. The van der Waals surface area contributed by atoms with Crippen LogP contribution in [0.15, 0.2) is 84.7 Å². The third-order valence-corrected chi connectivity index (χ3v) is 9.98. The number of amides is 4. The molecule has 1 aromatic heterocycles. The smallest absolute Gasteiger partial charge is 0.255 e. The summed E-state index contributed by atoms with van der Waals surface area (Å²) in [6.45, 7) is 12.6. The van der Waals surface area contributed by atoms with Gasteiger partial charge in [-0.3, -0.25) is 24.2 Å². The third-order valence-electron chi connectivity index (χ3n) is 9.98. The van der Waals surface area contributed by atoms with E-state index in [9.17, 15) is 33.1 Å². The van der Waals surface area contributed by atoms with Crippen LogP contribution in [0.3, 0.4) is 0 Å². The lowest BCUT2D eigenvalue weighted by Gasteiger charge is -2.31. The number of primary amides is 1. The van der Waals surface area contributed by atoms with Crippen molar-refractivity contribution < 1.29 is 33.1 Å². The van der Waals surface area contributed by atoms with Crippen molar-refractivity contribution in [2.75, 3.05) is 26.2 Å². The third kappa shape index (κ3) is 15.1. The molecule has 1 aliphatic rings. The Balaban J connectivity index is 0.000000431. The van der Waals surface area contributed by atoms with Gasteiger partial charge in [0.05, 0.1) is 28.7 Å². The van der Waals surface area contributed by atoms with Crippen LogP contribution in [0.4, 0.5) is 8.78 Å². The summed E-state index contributed by atoms with van der Waals surface area (Å²) in [5.41, 5.74) is 8.21. The maximum Gasteiger partial charge on any atom is 0.255 e. The van der Waals surface area contributed by atoms with Gasteiger partial charge in [0.2, 0.25) is 11.8 Å². The molecule has 1 unspecified atom stereocenters. The van der Waals surface area contributed by atoms with Gasteiger partial charge in [0.15, 0.2) is 0 Å². The van der Waals surface area contributed by atoms with E-state index >= 15 is 0 Å². The second-order valence-electron chi connectivity index (χ2n) is 14.9. The monoisotopic (exact) mass is 816 g/mol. The van der Waals surface area contributed by atoms with Crippen LogP contribution in [0.25, 0.3) is 0 Å². The highest BCUT2D eigenvalue weighted by atomic mass is 19.1. The van der Waals surface area contributed by atoms with Crippen molar-refractivity contribution in [1.29, 1.82) is 0 Å². The van der Waals surface area contributed by atoms with Crippen LogP contribution in [-0.4, -0.2) is 76.9 Å². The van der Waals surface area contributed by atoms with Crippen molar-refractivity contribution in [3.8, 4) is 0 Å². The quantitative estimate of drug-likeness (QED) is 0.0836. The predicted octanol–water partition coefficient (Wildman–Crippen LogP) is 6.35. The fourth-order valence-electron chi connectivity index (χ4n) is 6.98. The molecule has 0 spiro atoms. The van der Waals surface area contributed by atoms with Crippen molar-refractivity contribution in [3.63, 3.8) is 0 Å². The Hall–Kier alpha value is -5.27. The lowest BCUT2D eigenvalue weighted by molar-refractivity contribution is -0.129. The molecule has 320 valence electrons. The number of pyridine rings is 1. The molecule has 11 nitrogen and oxygen atoms in total. The second-order valence-corrected chi connectivity index (χ2v) is 14.9. The minimum Gasteiger partial charge on any atom is -0.390 e. The highest BCUT2D eigenvalue weighted by Crippen LogP contribution is 2.36. The highest BCUT2D eigenvalue weighted by Gasteiger charge is 2.37. The number of nitrogens with zero attached hydrogens (tertiary/aromatic N) is 2. The number of carbonyl (C=O) groups excluding carboxylic acids is 4. The number of aromatic nitrogens is 1. The Labute approximate surface area is 347 Å². The first-order chi connectivity index (χ1) is 28.3. The SMILES string of the molecule is CCCN(CCC)C(=O)c1cncc(C(=O)N[C@@H](Cc2cc(F)cc(F)c2)[C@H](O)CNCc2cccc(CC)c2)c1.CCCNC(=O)C1(CCC)C=CC=C(C(N)=O)C1. The Morgan fingerprint density at radius 3 is 2.19 bits per heavy atom. The summed E-state index contributed by atoms with van der Waals surface area (Å²) in [5.74, 6) is -2.70. The standard InChI is InChI=1S/C32H40F2N4O3.C14H22N2O2/c1-4-10-38(11-5-2)32(41)26-16-25(19-36-20-26)31(40)37-29(15-24-13-27(33)17-28(34)14-24)30(39)21-35-18-23-9-7-8-22(6-3)12-23;1-3-7-14(13(18)16-9-4-2)8-5-6-11(10-14)12(15)17/h7-9,12-14,16-17,19-20,29-30,35,39H,4-6,10-11,15,18,21H2,1-3H3,(H,37,40);5-6,8H,3-4,7,9-10H2,1-2H3,(H2,15,17)(H,16,18)/t29-,30+;/m0./s1. The number of hydrogen-bond donors (Lipinski definition) is 5. The molecule has 0 bridgehead atoms. The molecule has 4 amide bonds. The van der Waals surface area contributed by atoms with E-state index in [1.165, 1.54) is 36.2 Å². The van der Waals surface area contributed by atoms with Gasteiger partial charge in [0.25, 0.3) is 11.8 Å². The van der Waals surface area contributed by atoms with E-state index in [4.69, 9.17) is 5.73 Å². The van der Waals surface area contributed by atoms with Crippen molar-refractivity contribution >= 4 is 23.6 Å². The van der Waals surface area contributed by atoms with Crippen molar-refractivity contribution in [2.45, 2.75) is 105 Å². The van der Waals surface area contributed by atoms with Crippen LogP contribution < -0.4 is 21.7 Å². The largest absolute Gasteiger partial charge is 0.390 e. The van der Waals surface area contributed by atoms with Gasteiger partial charge >= 0.3 is 0 Å². The minimum absolute atomic E-state index is 0.00528. The second kappa shape index (κ2) is 24.6. The van der Waals surface area contributed by atoms with E-state index < -0.39 is 41.0 Å². The van der Waals surface area contributed by atoms with Gasteiger partial charge in [-0.1, -0.05) is 83.5 Å². The fraction of sp³-hybridized carbons (Fsp3) is 0.457. The molecular formula is C46H62F2N6O5. The van der Waals surface area contributed by atoms with Gasteiger partial charge < -0.3 is 31.7 Å². The van der Waals surface area contributed by atoms with Gasteiger partial charge in [-0.15, -0.1) is 0 Å². The number of aliphatic hydroxyl groups is 1. The lowest BCUT2D eigenvalue weighted by atomic mass is 9.74. The molecule has 3 aromatic rings. The number of aliphatic hydroxyl groups excluding tert-OH is 1. The average Bonchev–Trinajstić information content (AvgIpc) is 3.22. The summed E-state index contributed by atoms with van der Waals surface area (Å²) in [4.78, 5) is 55.7. The number of halogens is 2. The lowest BCUT2D eigenvalue weighted by Crippen LogP contribution is -2.48. The molecule has 59 heavy (non-hydrogen) atoms. The number of nitrogens with one attached hydrogen (secondary N) is 3. The zero-order chi connectivity index (χ0) is 43.4. The topological polar surface area (TPSA) is 167 Å². The molecule has 0 aliphatic heterocycles. The van der Waals surface area contributed by atoms with Crippen molar-refractivity contribution in [2.24, 2.45) is 11.1 Å². The van der Waals surface area contributed by atoms with Gasteiger partial charge in [-0.25, -0.2) is 8.78 Å². The highest BCUT2D eigenvalue weighted by molar-refractivity contribution is 5.99. The maximum absolute atomic E-state index is 13.9. The van der Waals surface area contributed by atoms with Crippen LogP contribution in [-0.2, 0) is 29.0 Å². The molecule has 0 saturated carbocycles. The number of allylic oxidation sites excluding steroid dienone is 2. The molecule has 0 radical (unpaired) electrons. The average molecular weight is 817 g/mol. The molecule has 13 heteroatoms. The Morgan fingerprint density at radius 1 is 0.881 bits per heavy atom. The summed E-state index contributed by atoms with van der Waals surface area (Å²) in [5, 5.41) is 20.0. The van der Waals surface area contributed by atoms with E-state index in [0.717, 1.165) is 50.2 Å². The number of carbonyl (C=O) groups is 4. The summed E-state index contributed by atoms with van der Waals surface area (Å²) < 4.78 is 27.8. The molecule has 0 fully saturated rings. The molecule has 3 atom stereocenters. The molecule has 1 heterocycles. The molecule has 1 aliphatic carbocycles. The van der Waals surface area contributed by atoms with E-state index in [0.29, 0.717) is 49.3 Å². The van der Waals surface area contributed by atoms with Gasteiger partial charge in [-0.2, -0.15) is 0 Å². The van der Waals surface area contributed by atoms with Gasteiger partial charge in [0, 0.05) is 56.8 Å². The Bertz CT molecular complexity index is 1890. The van der Waals surface area contributed by atoms with Crippen LogP contribution in [0.2, 0.25) is 0 Å². The Morgan fingerprint density at radius 2 is 1.56 bits per heavy atom. The number of aryl methyl sites for hydroxylation is 1. The molecule has 6 N–H and O–H groups in total. The summed E-state index contributed by atoms with van der Waals surface area (Å²) in [6.07, 6.45) is 12.5. The minimum atomic E-state index is -1.08. The van der Waals surface area contributed by atoms with Gasteiger partial charge in [-0.05, 0) is 79.8 Å².